The van der Waals surface area contributed by atoms with Crippen molar-refractivity contribution in [2.24, 2.45) is 0 Å². The lowest BCUT2D eigenvalue weighted by molar-refractivity contribution is -0.384. The molecule has 2 rings (SSSR count). The number of carbonyl (C=O) groups excluding carboxylic acids is 1. The molecule has 132 valence electrons. The number of aryl methyl sites for hydroxylation is 1. The van der Waals surface area contributed by atoms with E-state index in [1.165, 1.54) is 18.2 Å². The molecule has 0 fully saturated rings. The average Bonchev–Trinajstić information content (AvgIpc) is 2.56. The molecule has 0 saturated heterocycles. The van der Waals surface area contributed by atoms with Crippen LogP contribution in [0.25, 0.3) is 0 Å². The summed E-state index contributed by atoms with van der Waals surface area (Å²) in [5.74, 6) is -0.407. The number of nitrogens with zero attached hydrogens (tertiary/aromatic N) is 2. The largest absolute Gasteiger partial charge is 0.396 e. The highest BCUT2D eigenvalue weighted by Gasteiger charge is 2.11. The fourth-order valence-corrected chi connectivity index (χ4v) is 2.79. The first kappa shape index (κ1) is 18.6. The Morgan fingerprint density at radius 1 is 1.48 bits per heavy atom. The van der Waals surface area contributed by atoms with E-state index >= 15 is 0 Å². The van der Waals surface area contributed by atoms with Crippen LogP contribution in [0.1, 0.15) is 11.3 Å². The second-order valence-electron chi connectivity index (χ2n) is 5.05. The number of rotatable bonds is 7. The zero-order valence-electron chi connectivity index (χ0n) is 13.3. The summed E-state index contributed by atoms with van der Waals surface area (Å²) in [6.07, 6.45) is 0.215. The van der Waals surface area contributed by atoms with Gasteiger partial charge in [0.25, 0.3) is 11.2 Å². The van der Waals surface area contributed by atoms with Crippen LogP contribution in [0.2, 0.25) is 0 Å². The molecule has 0 saturated carbocycles. The number of aromatic nitrogens is 2. The summed E-state index contributed by atoms with van der Waals surface area (Å²) in [6, 6.07) is 5.61. The number of nitro benzene ring substituents is 1. The lowest BCUT2D eigenvalue weighted by Crippen LogP contribution is -2.19. The van der Waals surface area contributed by atoms with Crippen molar-refractivity contribution in [2.45, 2.75) is 18.5 Å². The highest BCUT2D eigenvalue weighted by atomic mass is 32.2. The number of nitro groups is 1. The lowest BCUT2D eigenvalue weighted by atomic mass is 10.2. The van der Waals surface area contributed by atoms with E-state index in [9.17, 15) is 19.7 Å². The second-order valence-corrected chi connectivity index (χ2v) is 6.02. The maximum atomic E-state index is 12.0. The molecule has 0 aliphatic rings. The minimum absolute atomic E-state index is 0.0234. The van der Waals surface area contributed by atoms with Gasteiger partial charge in [0, 0.05) is 42.1 Å². The number of amides is 1. The van der Waals surface area contributed by atoms with Crippen LogP contribution in [-0.2, 0) is 11.2 Å². The van der Waals surface area contributed by atoms with Gasteiger partial charge in [0.1, 0.15) is 0 Å². The Hall–Kier alpha value is -2.72. The molecule has 0 unspecified atom stereocenters. The number of nitrogens with one attached hydrogen (secondary N) is 2. The monoisotopic (exact) mass is 364 g/mol. The number of anilines is 1. The summed E-state index contributed by atoms with van der Waals surface area (Å²) >= 11 is 1.04. The molecule has 2 aromatic rings. The minimum Gasteiger partial charge on any atom is -0.396 e. The third kappa shape index (κ3) is 5.13. The zero-order chi connectivity index (χ0) is 18.4. The van der Waals surface area contributed by atoms with Crippen molar-refractivity contribution >= 4 is 29.0 Å². The zero-order valence-corrected chi connectivity index (χ0v) is 14.1. The Labute approximate surface area is 146 Å². The van der Waals surface area contributed by atoms with Crippen LogP contribution in [-0.4, -0.2) is 38.3 Å². The fourth-order valence-electron chi connectivity index (χ4n) is 2.09. The van der Waals surface area contributed by atoms with E-state index in [-0.39, 0.29) is 35.9 Å². The predicted octanol–water partition coefficient (Wildman–Crippen LogP) is 1.25. The molecule has 1 aromatic heterocycles. The van der Waals surface area contributed by atoms with Crippen molar-refractivity contribution in [3.05, 3.63) is 56.0 Å². The maximum absolute atomic E-state index is 12.0. The molecular weight excluding hydrogens is 348 g/mol. The van der Waals surface area contributed by atoms with Crippen LogP contribution in [0.4, 0.5) is 11.4 Å². The average molecular weight is 364 g/mol. The van der Waals surface area contributed by atoms with Crippen LogP contribution in [0, 0.1) is 17.0 Å². The molecule has 25 heavy (non-hydrogen) atoms. The van der Waals surface area contributed by atoms with E-state index in [4.69, 9.17) is 5.11 Å². The van der Waals surface area contributed by atoms with Crippen LogP contribution in [0.3, 0.4) is 0 Å². The van der Waals surface area contributed by atoms with Gasteiger partial charge >= 0.3 is 0 Å². The normalized spacial score (nSPS) is 10.5. The quantitative estimate of drug-likeness (QED) is 0.291. The number of carbonyl (C=O) groups is 1. The van der Waals surface area contributed by atoms with Crippen molar-refractivity contribution in [1.82, 2.24) is 9.97 Å². The molecule has 0 spiro atoms. The standard InChI is InChI=1S/C15H16N4O5S/c1-9-12(5-6-20)14(22)18-15(16-9)25-8-13(21)17-10-3-2-4-11(7-10)19(23)24/h2-4,7,20H,5-6,8H2,1H3,(H,17,21)(H,16,18,22). The van der Waals surface area contributed by atoms with Crippen molar-refractivity contribution < 1.29 is 14.8 Å². The summed E-state index contributed by atoms with van der Waals surface area (Å²) < 4.78 is 0. The highest BCUT2D eigenvalue weighted by molar-refractivity contribution is 7.99. The van der Waals surface area contributed by atoms with Crippen LogP contribution < -0.4 is 10.9 Å². The fraction of sp³-hybridized carbons (Fsp3) is 0.267. The van der Waals surface area contributed by atoms with Gasteiger partial charge in [-0.2, -0.15) is 0 Å². The summed E-state index contributed by atoms with van der Waals surface area (Å²) in [4.78, 5) is 40.8. The third-order valence-electron chi connectivity index (χ3n) is 3.24. The SMILES string of the molecule is Cc1nc(SCC(=O)Nc2cccc([N+](=O)[O-])c2)[nH]c(=O)c1CCO. The molecule has 3 N–H and O–H groups in total. The molecule has 10 heteroatoms. The van der Waals surface area contributed by atoms with E-state index in [0.29, 0.717) is 22.1 Å². The first-order valence-electron chi connectivity index (χ1n) is 7.28. The number of hydrogen-bond donors (Lipinski definition) is 3. The van der Waals surface area contributed by atoms with Crippen LogP contribution in [0.5, 0.6) is 0 Å². The second kappa shape index (κ2) is 8.40. The summed E-state index contributed by atoms with van der Waals surface area (Å²) in [5.41, 5.74) is 0.762. The number of hydrogen-bond acceptors (Lipinski definition) is 7. The Balaban J connectivity index is 1.99. The van der Waals surface area contributed by atoms with Gasteiger partial charge in [-0.3, -0.25) is 19.7 Å². The Kier molecular flexibility index (Phi) is 6.25. The third-order valence-corrected chi connectivity index (χ3v) is 4.12. The van der Waals surface area contributed by atoms with Gasteiger partial charge in [-0.15, -0.1) is 0 Å². The van der Waals surface area contributed by atoms with E-state index in [0.717, 1.165) is 11.8 Å². The first-order valence-corrected chi connectivity index (χ1v) is 8.27. The van der Waals surface area contributed by atoms with E-state index in [2.05, 4.69) is 15.3 Å². The number of benzene rings is 1. The van der Waals surface area contributed by atoms with Crippen LogP contribution in [0.15, 0.2) is 34.2 Å². The predicted molar refractivity (Wildman–Crippen MR) is 92.8 cm³/mol. The van der Waals surface area contributed by atoms with Crippen molar-refractivity contribution in [2.75, 3.05) is 17.7 Å². The number of aliphatic hydroxyl groups is 1. The molecule has 9 nitrogen and oxygen atoms in total. The molecule has 0 bridgehead atoms. The Bertz CT molecular complexity index is 852. The first-order chi connectivity index (χ1) is 11.9. The lowest BCUT2D eigenvalue weighted by Gasteiger charge is -2.07. The van der Waals surface area contributed by atoms with Gasteiger partial charge in [-0.1, -0.05) is 17.8 Å². The Morgan fingerprint density at radius 3 is 2.88 bits per heavy atom. The molecule has 0 radical (unpaired) electrons. The van der Waals surface area contributed by atoms with Gasteiger partial charge in [0.15, 0.2) is 5.16 Å². The van der Waals surface area contributed by atoms with E-state index < -0.39 is 4.92 Å². The number of thioether (sulfide) groups is 1. The number of H-pyrrole nitrogens is 1. The topological polar surface area (TPSA) is 138 Å². The van der Waals surface area contributed by atoms with Gasteiger partial charge in [0.2, 0.25) is 5.91 Å². The van der Waals surface area contributed by atoms with Gasteiger partial charge in [-0.25, -0.2) is 4.98 Å². The Morgan fingerprint density at radius 2 is 2.24 bits per heavy atom. The van der Waals surface area contributed by atoms with Crippen molar-refractivity contribution in [3.63, 3.8) is 0 Å². The van der Waals surface area contributed by atoms with Gasteiger partial charge < -0.3 is 15.4 Å². The number of aliphatic hydroxyl groups excluding tert-OH is 1. The smallest absolute Gasteiger partial charge is 0.271 e. The molecule has 0 atom stereocenters. The minimum atomic E-state index is -0.546. The maximum Gasteiger partial charge on any atom is 0.271 e. The number of aromatic amines is 1. The highest BCUT2D eigenvalue weighted by Crippen LogP contribution is 2.18. The van der Waals surface area contributed by atoms with Gasteiger partial charge in [-0.05, 0) is 13.0 Å². The molecule has 0 aliphatic carbocycles. The number of non-ortho nitro benzene ring substituents is 1. The summed E-state index contributed by atoms with van der Waals surface area (Å²) in [6.45, 7) is 1.51. The molecule has 1 aromatic carbocycles. The molecule has 1 heterocycles. The van der Waals surface area contributed by atoms with Crippen LogP contribution >= 0.6 is 11.8 Å². The molecule has 1 amide bonds. The summed E-state index contributed by atoms with van der Waals surface area (Å²) in [7, 11) is 0. The molecular formula is C15H16N4O5S. The van der Waals surface area contributed by atoms with E-state index in [1.807, 2.05) is 0 Å². The van der Waals surface area contributed by atoms with Crippen molar-refractivity contribution in [3.8, 4) is 0 Å². The molecule has 0 aliphatic heterocycles. The van der Waals surface area contributed by atoms with Crippen molar-refractivity contribution in [1.29, 1.82) is 0 Å². The van der Waals surface area contributed by atoms with E-state index in [1.54, 1.807) is 13.0 Å². The van der Waals surface area contributed by atoms with Gasteiger partial charge in [0.05, 0.1) is 10.7 Å². The summed E-state index contributed by atoms with van der Waals surface area (Å²) in [5, 5.41) is 22.5.